The number of phenolic OH excluding ortho intramolecular Hbond substituents is 1. The molecule has 0 bridgehead atoms. The largest absolute Gasteiger partial charge is 0.508 e. The molecule has 1 aliphatic rings. The molecule has 20 heavy (non-hydrogen) atoms. The number of aryl methyl sites for hydroxylation is 1. The molecule has 0 aliphatic heterocycles. The quantitative estimate of drug-likeness (QED) is 0.896. The van der Waals surface area contributed by atoms with Gasteiger partial charge in [-0.3, -0.25) is 0 Å². The van der Waals surface area contributed by atoms with Crippen LogP contribution in [-0.2, 0) is 13.0 Å². The van der Waals surface area contributed by atoms with Crippen molar-refractivity contribution < 1.29 is 5.11 Å². The molecule has 0 amide bonds. The van der Waals surface area contributed by atoms with Crippen molar-refractivity contribution in [2.45, 2.75) is 25.4 Å². The van der Waals surface area contributed by atoms with E-state index < -0.39 is 0 Å². The molecule has 0 saturated carbocycles. The molecule has 100 valence electrons. The highest BCUT2D eigenvalue weighted by Gasteiger charge is 2.21. The van der Waals surface area contributed by atoms with E-state index in [1.54, 1.807) is 6.07 Å². The van der Waals surface area contributed by atoms with Gasteiger partial charge in [-0.25, -0.2) is 0 Å². The highest BCUT2D eigenvalue weighted by atomic mass is 16.3. The van der Waals surface area contributed by atoms with Gasteiger partial charge in [0.1, 0.15) is 5.75 Å². The van der Waals surface area contributed by atoms with E-state index in [2.05, 4.69) is 11.4 Å². The lowest BCUT2D eigenvalue weighted by atomic mass is 10.1. The summed E-state index contributed by atoms with van der Waals surface area (Å²) in [5.41, 5.74) is 4.32. The molecule has 0 radical (unpaired) electrons. The fraction of sp³-hybridized carbons (Fsp3) is 0.235. The number of rotatable bonds is 3. The monoisotopic (exact) mass is 264 g/mol. The Morgan fingerprint density at radius 3 is 3.00 bits per heavy atom. The first-order valence-electron chi connectivity index (χ1n) is 6.80. The van der Waals surface area contributed by atoms with Gasteiger partial charge in [0.15, 0.2) is 0 Å². The third kappa shape index (κ3) is 2.52. The van der Waals surface area contributed by atoms with E-state index >= 15 is 0 Å². The topological polar surface area (TPSA) is 56.0 Å². The van der Waals surface area contributed by atoms with Gasteiger partial charge in [0.25, 0.3) is 0 Å². The molecular weight excluding hydrogens is 248 g/mol. The first-order chi connectivity index (χ1) is 9.76. The van der Waals surface area contributed by atoms with Gasteiger partial charge in [-0.2, -0.15) is 5.26 Å². The van der Waals surface area contributed by atoms with Gasteiger partial charge in [-0.05, 0) is 53.8 Å². The maximum absolute atomic E-state index is 9.50. The molecule has 2 aromatic carbocycles. The Morgan fingerprint density at radius 2 is 2.15 bits per heavy atom. The highest BCUT2D eigenvalue weighted by Crippen LogP contribution is 2.33. The van der Waals surface area contributed by atoms with Gasteiger partial charge in [0, 0.05) is 12.6 Å². The summed E-state index contributed by atoms with van der Waals surface area (Å²) in [6, 6.07) is 15.8. The van der Waals surface area contributed by atoms with E-state index in [0.717, 1.165) is 24.9 Å². The Bertz CT molecular complexity index is 673. The summed E-state index contributed by atoms with van der Waals surface area (Å²) in [5.74, 6) is 0.339. The van der Waals surface area contributed by atoms with Crippen LogP contribution in [0.1, 0.15) is 34.7 Å². The molecule has 0 saturated heterocycles. The zero-order valence-corrected chi connectivity index (χ0v) is 11.1. The van der Waals surface area contributed by atoms with E-state index in [4.69, 9.17) is 5.26 Å². The van der Waals surface area contributed by atoms with Gasteiger partial charge in [-0.1, -0.05) is 18.2 Å². The fourth-order valence-corrected chi connectivity index (χ4v) is 2.81. The number of nitriles is 1. The Hall–Kier alpha value is -2.31. The summed E-state index contributed by atoms with van der Waals surface area (Å²) >= 11 is 0. The van der Waals surface area contributed by atoms with Crippen molar-refractivity contribution in [3.63, 3.8) is 0 Å². The number of hydrogen-bond acceptors (Lipinski definition) is 3. The maximum Gasteiger partial charge on any atom is 0.115 e. The van der Waals surface area contributed by atoms with E-state index in [-0.39, 0.29) is 0 Å². The number of nitrogens with zero attached hydrogens (tertiary/aromatic N) is 1. The lowest BCUT2D eigenvalue weighted by molar-refractivity contribution is 0.474. The van der Waals surface area contributed by atoms with Crippen LogP contribution >= 0.6 is 0 Å². The van der Waals surface area contributed by atoms with Gasteiger partial charge in [0.05, 0.1) is 11.6 Å². The van der Waals surface area contributed by atoms with Gasteiger partial charge < -0.3 is 10.4 Å². The molecular formula is C17H16N2O. The van der Waals surface area contributed by atoms with Crippen LogP contribution in [0.3, 0.4) is 0 Å². The summed E-state index contributed by atoms with van der Waals surface area (Å²) < 4.78 is 0. The van der Waals surface area contributed by atoms with Crippen LogP contribution in [0, 0.1) is 11.3 Å². The van der Waals surface area contributed by atoms with Crippen LogP contribution in [0.4, 0.5) is 0 Å². The minimum atomic E-state index is 0.330. The molecule has 0 spiro atoms. The lowest BCUT2D eigenvalue weighted by Gasteiger charge is -2.14. The van der Waals surface area contributed by atoms with Crippen LogP contribution in [-0.4, -0.2) is 5.11 Å². The minimum Gasteiger partial charge on any atom is -0.508 e. The van der Waals surface area contributed by atoms with Crippen molar-refractivity contribution in [2.75, 3.05) is 0 Å². The molecule has 1 aliphatic carbocycles. The second-order valence-corrected chi connectivity index (χ2v) is 5.17. The summed E-state index contributed by atoms with van der Waals surface area (Å²) in [6.07, 6.45) is 2.05. The molecule has 1 unspecified atom stereocenters. The molecule has 0 aromatic heterocycles. The van der Waals surface area contributed by atoms with Crippen molar-refractivity contribution in [3.05, 3.63) is 64.7 Å². The van der Waals surface area contributed by atoms with Crippen molar-refractivity contribution in [2.24, 2.45) is 0 Å². The number of hydrogen-bond donors (Lipinski definition) is 2. The van der Waals surface area contributed by atoms with E-state index in [0.29, 0.717) is 17.4 Å². The number of nitrogens with one attached hydrogen (secondary N) is 1. The van der Waals surface area contributed by atoms with Gasteiger partial charge in [-0.15, -0.1) is 0 Å². The summed E-state index contributed by atoms with van der Waals surface area (Å²) in [7, 11) is 0. The Labute approximate surface area is 118 Å². The van der Waals surface area contributed by atoms with Gasteiger partial charge >= 0.3 is 0 Å². The second-order valence-electron chi connectivity index (χ2n) is 5.17. The number of fused-ring (bicyclic) bond motifs is 1. The third-order valence-electron chi connectivity index (χ3n) is 3.81. The number of aromatic hydroxyl groups is 1. The standard InChI is InChI=1S/C17H16N2O/c18-10-12-2-1-3-13(8-12)11-19-17-7-4-14-9-15(20)5-6-16(14)17/h1-3,5-6,8-9,17,19-20H,4,7,11H2. The normalized spacial score (nSPS) is 16.6. The van der Waals surface area contributed by atoms with Crippen molar-refractivity contribution in [1.29, 1.82) is 5.26 Å². The van der Waals surface area contributed by atoms with Crippen LogP contribution in [0.25, 0.3) is 0 Å². The molecule has 2 aromatic rings. The molecule has 3 heteroatoms. The fourth-order valence-electron chi connectivity index (χ4n) is 2.81. The summed E-state index contributed by atoms with van der Waals surface area (Å²) in [5, 5.41) is 21.9. The molecule has 0 heterocycles. The van der Waals surface area contributed by atoms with Crippen LogP contribution in [0.15, 0.2) is 42.5 Å². The maximum atomic E-state index is 9.50. The summed E-state index contributed by atoms with van der Waals surface area (Å²) in [6.45, 7) is 0.750. The summed E-state index contributed by atoms with van der Waals surface area (Å²) in [4.78, 5) is 0. The number of benzene rings is 2. The smallest absolute Gasteiger partial charge is 0.115 e. The van der Waals surface area contributed by atoms with Crippen LogP contribution < -0.4 is 5.32 Å². The van der Waals surface area contributed by atoms with Crippen molar-refractivity contribution >= 4 is 0 Å². The van der Waals surface area contributed by atoms with E-state index in [9.17, 15) is 5.11 Å². The van der Waals surface area contributed by atoms with E-state index in [1.807, 2.05) is 36.4 Å². The Morgan fingerprint density at radius 1 is 1.25 bits per heavy atom. The lowest BCUT2D eigenvalue weighted by Crippen LogP contribution is -2.18. The van der Waals surface area contributed by atoms with Crippen molar-refractivity contribution in [3.8, 4) is 11.8 Å². The molecule has 2 N–H and O–H groups in total. The predicted molar refractivity (Wildman–Crippen MR) is 77.2 cm³/mol. The van der Waals surface area contributed by atoms with Crippen molar-refractivity contribution in [1.82, 2.24) is 5.32 Å². The second kappa shape index (κ2) is 5.36. The average Bonchev–Trinajstić information content (AvgIpc) is 2.87. The first kappa shape index (κ1) is 12.7. The van der Waals surface area contributed by atoms with E-state index in [1.165, 1.54) is 11.1 Å². The zero-order valence-electron chi connectivity index (χ0n) is 11.1. The SMILES string of the molecule is N#Cc1cccc(CNC2CCc3cc(O)ccc32)c1. The predicted octanol–water partition coefficient (Wildman–Crippen LogP) is 3.04. The third-order valence-corrected chi connectivity index (χ3v) is 3.81. The highest BCUT2D eigenvalue weighted by molar-refractivity contribution is 5.40. The molecule has 1 atom stereocenters. The van der Waals surface area contributed by atoms with Crippen LogP contribution in [0.5, 0.6) is 5.75 Å². The van der Waals surface area contributed by atoms with Gasteiger partial charge in [0.2, 0.25) is 0 Å². The molecule has 3 nitrogen and oxygen atoms in total. The number of phenols is 1. The molecule has 3 rings (SSSR count). The Kier molecular flexibility index (Phi) is 3.41. The zero-order chi connectivity index (χ0) is 13.9. The minimum absolute atomic E-state index is 0.330. The Balaban J connectivity index is 1.70. The first-order valence-corrected chi connectivity index (χ1v) is 6.80. The average molecular weight is 264 g/mol. The van der Waals surface area contributed by atoms with Crippen LogP contribution in [0.2, 0.25) is 0 Å². The molecule has 0 fully saturated rings.